The Labute approximate surface area is 159 Å². The summed E-state index contributed by atoms with van der Waals surface area (Å²) in [7, 11) is 2.20. The maximum atomic E-state index is 14.2. The van der Waals surface area contributed by atoms with E-state index in [-0.39, 0.29) is 18.2 Å². The predicted molar refractivity (Wildman–Crippen MR) is 102 cm³/mol. The molecule has 25 heavy (non-hydrogen) atoms. The van der Waals surface area contributed by atoms with Crippen molar-refractivity contribution in [1.29, 1.82) is 0 Å². The summed E-state index contributed by atoms with van der Waals surface area (Å²) in [4.78, 5) is 8.75. The van der Waals surface area contributed by atoms with Crippen LogP contribution >= 0.6 is 24.0 Å². The lowest BCUT2D eigenvalue weighted by atomic mass is 9.88. The lowest BCUT2D eigenvalue weighted by Gasteiger charge is -2.28. The van der Waals surface area contributed by atoms with Gasteiger partial charge >= 0.3 is 0 Å². The van der Waals surface area contributed by atoms with Crippen molar-refractivity contribution in [3.8, 4) is 0 Å². The van der Waals surface area contributed by atoms with Crippen LogP contribution in [0.2, 0.25) is 5.02 Å². The average Bonchev–Trinajstić information content (AvgIpc) is 3.05. The third-order valence-electron chi connectivity index (χ3n) is 5.49. The Morgan fingerprint density at radius 1 is 1.20 bits per heavy atom. The van der Waals surface area contributed by atoms with Gasteiger partial charge in [0.1, 0.15) is 0 Å². The van der Waals surface area contributed by atoms with Crippen molar-refractivity contribution in [2.75, 3.05) is 31.6 Å². The average molecular weight is 382 g/mol. The number of likely N-dealkylation sites (tertiary alicyclic amines) is 1. The minimum atomic E-state index is -0.330. The molecule has 0 saturated carbocycles. The van der Waals surface area contributed by atoms with Crippen LogP contribution in [-0.4, -0.2) is 36.6 Å². The predicted octanol–water partition coefficient (Wildman–Crippen LogP) is 4.34. The summed E-state index contributed by atoms with van der Waals surface area (Å²) in [6.07, 6.45) is 1.53. The van der Waals surface area contributed by atoms with Gasteiger partial charge in [-0.2, -0.15) is 0 Å². The fourth-order valence-electron chi connectivity index (χ4n) is 4.46. The van der Waals surface area contributed by atoms with Crippen molar-refractivity contribution in [2.45, 2.75) is 13.0 Å². The monoisotopic (exact) mass is 381 g/mol. The number of anilines is 1. The molecule has 2 aliphatic rings. The number of hydrogen-bond donors (Lipinski definition) is 0. The Kier molecular flexibility index (Phi) is 5.24. The van der Waals surface area contributed by atoms with E-state index in [2.05, 4.69) is 53.0 Å². The first kappa shape index (κ1) is 18.4. The molecule has 0 spiro atoms. The topological polar surface area (TPSA) is 19.4 Å². The molecule has 2 aromatic rings. The zero-order valence-corrected chi connectivity index (χ0v) is 15.9. The van der Waals surface area contributed by atoms with Gasteiger partial charge in [-0.25, -0.2) is 9.37 Å². The number of aromatic nitrogens is 1. The van der Waals surface area contributed by atoms with Gasteiger partial charge in [-0.15, -0.1) is 12.4 Å². The van der Waals surface area contributed by atoms with Gasteiger partial charge in [0.05, 0.1) is 5.02 Å². The molecule has 0 bridgehead atoms. The van der Waals surface area contributed by atoms with Crippen molar-refractivity contribution in [3.63, 3.8) is 0 Å². The number of aryl methyl sites for hydroxylation is 1. The highest BCUT2D eigenvalue weighted by molar-refractivity contribution is 6.30. The summed E-state index contributed by atoms with van der Waals surface area (Å²) in [5.41, 5.74) is 2.71. The van der Waals surface area contributed by atoms with Crippen LogP contribution < -0.4 is 4.90 Å². The molecule has 0 amide bonds. The normalized spacial score (nSPS) is 25.8. The summed E-state index contributed by atoms with van der Waals surface area (Å²) < 4.78 is 14.2. The van der Waals surface area contributed by atoms with Crippen molar-refractivity contribution < 1.29 is 4.39 Å². The zero-order chi connectivity index (χ0) is 16.8. The molecule has 1 aromatic heterocycles. The van der Waals surface area contributed by atoms with Crippen LogP contribution in [0.4, 0.5) is 10.2 Å². The quantitative estimate of drug-likeness (QED) is 0.770. The number of rotatable bonds is 2. The van der Waals surface area contributed by atoms with Crippen LogP contribution in [0.5, 0.6) is 0 Å². The Morgan fingerprint density at radius 2 is 1.96 bits per heavy atom. The van der Waals surface area contributed by atoms with E-state index in [0.717, 1.165) is 19.6 Å². The summed E-state index contributed by atoms with van der Waals surface area (Å²) in [5.74, 6) is 1.13. The molecule has 6 heteroatoms. The van der Waals surface area contributed by atoms with Gasteiger partial charge in [0.15, 0.2) is 11.6 Å². The number of benzene rings is 1. The number of nitrogens with zero attached hydrogens (tertiary/aromatic N) is 3. The van der Waals surface area contributed by atoms with Gasteiger partial charge in [0.25, 0.3) is 0 Å². The van der Waals surface area contributed by atoms with Crippen LogP contribution in [0.25, 0.3) is 0 Å². The minimum absolute atomic E-state index is 0. The summed E-state index contributed by atoms with van der Waals surface area (Å²) in [6, 6.07) is 10.3. The van der Waals surface area contributed by atoms with Crippen molar-refractivity contribution >= 4 is 29.8 Å². The Balaban J connectivity index is 0.00000182. The Bertz CT molecular complexity index is 770. The standard InChI is InChI=1S/C19H21ClFN3.ClH/c1-12-5-3-4-6-15(12)18-16-11-24(10-13(16)9-23(18)2)19-17(21)7-14(20)8-22-19;/h3-8,13,16,18H,9-11H2,1-2H3;1H/t13-,16+,18+;/m0./s1. The molecule has 4 rings (SSSR count). The molecule has 134 valence electrons. The fraction of sp³-hybridized carbons (Fsp3) is 0.421. The largest absolute Gasteiger partial charge is 0.353 e. The highest BCUT2D eigenvalue weighted by atomic mass is 35.5. The van der Waals surface area contributed by atoms with E-state index in [0.29, 0.717) is 28.7 Å². The summed E-state index contributed by atoms with van der Waals surface area (Å²) >= 11 is 5.83. The number of fused-ring (bicyclic) bond motifs is 1. The molecule has 0 aliphatic carbocycles. The molecule has 0 N–H and O–H groups in total. The fourth-order valence-corrected chi connectivity index (χ4v) is 4.60. The highest BCUT2D eigenvalue weighted by Gasteiger charge is 2.47. The molecule has 2 saturated heterocycles. The van der Waals surface area contributed by atoms with Gasteiger partial charge in [0, 0.05) is 37.8 Å². The van der Waals surface area contributed by atoms with Crippen molar-refractivity contribution in [1.82, 2.24) is 9.88 Å². The molecule has 1 aromatic carbocycles. The van der Waals surface area contributed by atoms with E-state index in [1.807, 2.05) is 0 Å². The minimum Gasteiger partial charge on any atom is -0.353 e. The summed E-state index contributed by atoms with van der Waals surface area (Å²) in [6.45, 7) is 4.89. The van der Waals surface area contributed by atoms with Crippen molar-refractivity contribution in [3.05, 3.63) is 58.5 Å². The van der Waals surface area contributed by atoms with E-state index in [1.165, 1.54) is 23.4 Å². The van der Waals surface area contributed by atoms with Crippen molar-refractivity contribution in [2.24, 2.45) is 11.8 Å². The molecule has 3 nitrogen and oxygen atoms in total. The molecular formula is C19H22Cl2FN3. The molecule has 2 fully saturated rings. The van der Waals surface area contributed by atoms with E-state index in [9.17, 15) is 4.39 Å². The van der Waals surface area contributed by atoms with E-state index < -0.39 is 0 Å². The zero-order valence-electron chi connectivity index (χ0n) is 14.3. The second-order valence-electron chi connectivity index (χ2n) is 7.03. The molecule has 2 aliphatic heterocycles. The lowest BCUT2D eigenvalue weighted by molar-refractivity contribution is 0.278. The first-order chi connectivity index (χ1) is 11.5. The smallest absolute Gasteiger partial charge is 0.167 e. The molecule has 0 unspecified atom stereocenters. The van der Waals surface area contributed by atoms with Gasteiger partial charge < -0.3 is 4.90 Å². The number of hydrogen-bond acceptors (Lipinski definition) is 3. The van der Waals surface area contributed by atoms with Gasteiger partial charge in [-0.1, -0.05) is 35.9 Å². The second kappa shape index (κ2) is 7.10. The van der Waals surface area contributed by atoms with E-state index >= 15 is 0 Å². The van der Waals surface area contributed by atoms with Gasteiger partial charge in [-0.3, -0.25) is 4.90 Å². The van der Waals surface area contributed by atoms with Crippen LogP contribution in [0.15, 0.2) is 36.5 Å². The maximum absolute atomic E-state index is 14.2. The molecule has 3 atom stereocenters. The Hall–Kier alpha value is -1.36. The Morgan fingerprint density at radius 3 is 2.68 bits per heavy atom. The first-order valence-corrected chi connectivity index (χ1v) is 8.74. The number of pyridine rings is 1. The molecule has 0 radical (unpaired) electrons. The SMILES string of the molecule is Cc1ccccc1[C@@H]1[C@@H]2CN(c3ncc(Cl)cc3F)C[C@@H]2CN1C.Cl. The van der Waals surface area contributed by atoms with Crippen LogP contribution in [0, 0.1) is 24.6 Å². The van der Waals surface area contributed by atoms with Crippen LogP contribution in [0.3, 0.4) is 0 Å². The second-order valence-corrected chi connectivity index (χ2v) is 7.47. The summed E-state index contributed by atoms with van der Waals surface area (Å²) in [5, 5.41) is 0.341. The van der Waals surface area contributed by atoms with Gasteiger partial charge in [0.2, 0.25) is 0 Å². The van der Waals surface area contributed by atoms with Crippen LogP contribution in [0.1, 0.15) is 17.2 Å². The third kappa shape index (κ3) is 3.23. The van der Waals surface area contributed by atoms with E-state index in [1.54, 1.807) is 0 Å². The molecule has 3 heterocycles. The third-order valence-corrected chi connectivity index (χ3v) is 5.70. The van der Waals surface area contributed by atoms with E-state index in [4.69, 9.17) is 11.6 Å². The first-order valence-electron chi connectivity index (χ1n) is 8.36. The highest BCUT2D eigenvalue weighted by Crippen LogP contribution is 2.45. The van der Waals surface area contributed by atoms with Crippen LogP contribution in [-0.2, 0) is 0 Å². The maximum Gasteiger partial charge on any atom is 0.167 e. The number of halogens is 3. The van der Waals surface area contributed by atoms with Gasteiger partial charge in [-0.05, 0) is 37.1 Å². The lowest BCUT2D eigenvalue weighted by Crippen LogP contribution is -2.30. The molecular weight excluding hydrogens is 360 g/mol.